The summed E-state index contributed by atoms with van der Waals surface area (Å²) in [6.07, 6.45) is 0.917. The van der Waals surface area contributed by atoms with Crippen LogP contribution in [0.25, 0.3) is 0 Å². The Kier molecular flexibility index (Phi) is 5.11. The first kappa shape index (κ1) is 15.2. The average Bonchev–Trinajstić information content (AvgIpc) is 2.39. The molecule has 102 valence electrons. The number of rotatable bonds is 5. The molecule has 0 saturated heterocycles. The van der Waals surface area contributed by atoms with Gasteiger partial charge in [-0.25, -0.2) is 0 Å². The monoisotopic (exact) mass is 258 g/mol. The molecule has 0 bridgehead atoms. The van der Waals surface area contributed by atoms with Crippen molar-refractivity contribution in [1.29, 1.82) is 5.26 Å². The summed E-state index contributed by atoms with van der Waals surface area (Å²) < 4.78 is 0. The van der Waals surface area contributed by atoms with E-state index in [2.05, 4.69) is 25.2 Å². The summed E-state index contributed by atoms with van der Waals surface area (Å²) in [7, 11) is 0. The van der Waals surface area contributed by atoms with Gasteiger partial charge in [0.05, 0.1) is 12.0 Å². The summed E-state index contributed by atoms with van der Waals surface area (Å²) in [4.78, 5) is 12.5. The van der Waals surface area contributed by atoms with Gasteiger partial charge in [-0.05, 0) is 25.3 Å². The molecule has 1 aromatic rings. The number of benzene rings is 1. The molecule has 1 aromatic carbocycles. The van der Waals surface area contributed by atoms with Gasteiger partial charge in [0.1, 0.15) is 5.54 Å². The van der Waals surface area contributed by atoms with Gasteiger partial charge in [-0.3, -0.25) is 4.79 Å². The van der Waals surface area contributed by atoms with E-state index in [1.54, 1.807) is 13.8 Å². The molecular formula is C16H22N2O. The number of nitriles is 1. The number of nitrogens with one attached hydrogen (secondary N) is 1. The zero-order valence-corrected chi connectivity index (χ0v) is 12.1. The zero-order chi connectivity index (χ0) is 14.5. The normalized spacial score (nSPS) is 14.3. The van der Waals surface area contributed by atoms with Crippen LogP contribution in [0.15, 0.2) is 30.3 Å². The van der Waals surface area contributed by atoms with Crippen molar-refractivity contribution in [2.24, 2.45) is 5.92 Å². The topological polar surface area (TPSA) is 52.9 Å². The van der Waals surface area contributed by atoms with E-state index in [9.17, 15) is 4.79 Å². The van der Waals surface area contributed by atoms with Gasteiger partial charge in [0.15, 0.2) is 0 Å². The lowest BCUT2D eigenvalue weighted by atomic mass is 9.84. The second-order valence-corrected chi connectivity index (χ2v) is 5.50. The standard InChI is InChI=1S/C16H22N2O/c1-5-12(2)14(13-9-7-6-8-10-13)15(19)18-16(3,4)11-17/h6-10,12,14H,5H2,1-4H3,(H,18,19). The first-order valence-electron chi connectivity index (χ1n) is 6.69. The average molecular weight is 258 g/mol. The van der Waals surface area contributed by atoms with Crippen LogP contribution < -0.4 is 5.32 Å². The maximum Gasteiger partial charge on any atom is 0.229 e. The molecule has 3 heteroatoms. The first-order chi connectivity index (χ1) is 8.91. The van der Waals surface area contributed by atoms with E-state index in [0.29, 0.717) is 0 Å². The van der Waals surface area contributed by atoms with Gasteiger partial charge < -0.3 is 5.32 Å². The minimum atomic E-state index is -0.836. The maximum atomic E-state index is 12.5. The van der Waals surface area contributed by atoms with Crippen LogP contribution in [0.2, 0.25) is 0 Å². The highest BCUT2D eigenvalue weighted by molar-refractivity contribution is 5.84. The van der Waals surface area contributed by atoms with Crippen molar-refractivity contribution in [3.63, 3.8) is 0 Å². The third kappa shape index (κ3) is 4.10. The summed E-state index contributed by atoms with van der Waals surface area (Å²) in [5, 5.41) is 11.8. The Labute approximate surface area is 115 Å². The second-order valence-electron chi connectivity index (χ2n) is 5.50. The number of hydrogen-bond acceptors (Lipinski definition) is 2. The fourth-order valence-electron chi connectivity index (χ4n) is 2.05. The minimum absolute atomic E-state index is 0.0768. The Morgan fingerprint density at radius 1 is 1.37 bits per heavy atom. The smallest absolute Gasteiger partial charge is 0.229 e. The molecule has 1 N–H and O–H groups in total. The molecule has 2 atom stereocenters. The molecule has 0 aliphatic heterocycles. The molecule has 0 heterocycles. The highest BCUT2D eigenvalue weighted by Crippen LogP contribution is 2.27. The van der Waals surface area contributed by atoms with Crippen molar-refractivity contribution < 1.29 is 4.79 Å². The van der Waals surface area contributed by atoms with E-state index in [-0.39, 0.29) is 17.7 Å². The molecule has 1 rings (SSSR count). The molecule has 1 amide bonds. The second kappa shape index (κ2) is 6.38. The third-order valence-electron chi connectivity index (χ3n) is 3.37. The van der Waals surface area contributed by atoms with Crippen LogP contribution in [-0.2, 0) is 4.79 Å². The predicted molar refractivity (Wildman–Crippen MR) is 76.5 cm³/mol. The summed E-state index contributed by atoms with van der Waals surface area (Å²) >= 11 is 0. The Balaban J connectivity index is 3.00. The molecule has 3 nitrogen and oxygen atoms in total. The molecule has 0 radical (unpaired) electrons. The SMILES string of the molecule is CCC(C)C(C(=O)NC(C)(C)C#N)c1ccccc1. The van der Waals surface area contributed by atoms with Crippen molar-refractivity contribution in [2.45, 2.75) is 45.6 Å². The fraction of sp³-hybridized carbons (Fsp3) is 0.500. The zero-order valence-electron chi connectivity index (χ0n) is 12.1. The molecule has 0 aliphatic carbocycles. The van der Waals surface area contributed by atoms with E-state index in [0.717, 1.165) is 12.0 Å². The van der Waals surface area contributed by atoms with Crippen molar-refractivity contribution >= 4 is 5.91 Å². The summed E-state index contributed by atoms with van der Waals surface area (Å²) in [6, 6.07) is 11.9. The van der Waals surface area contributed by atoms with Gasteiger partial charge >= 0.3 is 0 Å². The van der Waals surface area contributed by atoms with Crippen LogP contribution in [0.1, 0.15) is 45.6 Å². The molecule has 0 aliphatic rings. The van der Waals surface area contributed by atoms with E-state index in [4.69, 9.17) is 5.26 Å². The van der Waals surface area contributed by atoms with Crippen molar-refractivity contribution in [2.75, 3.05) is 0 Å². The number of carbonyl (C=O) groups is 1. The van der Waals surface area contributed by atoms with E-state index >= 15 is 0 Å². The first-order valence-corrected chi connectivity index (χ1v) is 6.69. The Hall–Kier alpha value is -1.82. The van der Waals surface area contributed by atoms with Crippen LogP contribution in [0.4, 0.5) is 0 Å². The molecule has 2 unspecified atom stereocenters. The van der Waals surface area contributed by atoms with Gasteiger partial charge in [0.2, 0.25) is 5.91 Å². The number of amides is 1. The van der Waals surface area contributed by atoms with Crippen LogP contribution >= 0.6 is 0 Å². The molecular weight excluding hydrogens is 236 g/mol. The minimum Gasteiger partial charge on any atom is -0.338 e. The summed E-state index contributed by atoms with van der Waals surface area (Å²) in [5.74, 6) is -0.0529. The molecule has 0 spiro atoms. The van der Waals surface area contributed by atoms with E-state index in [1.165, 1.54) is 0 Å². The van der Waals surface area contributed by atoms with Crippen molar-refractivity contribution in [3.8, 4) is 6.07 Å². The highest BCUT2D eigenvalue weighted by Gasteiger charge is 2.29. The third-order valence-corrected chi connectivity index (χ3v) is 3.37. The lowest BCUT2D eigenvalue weighted by Gasteiger charge is -2.26. The predicted octanol–water partition coefficient (Wildman–Crippen LogP) is 3.23. The van der Waals surface area contributed by atoms with E-state index < -0.39 is 5.54 Å². The lowest BCUT2D eigenvalue weighted by molar-refractivity contribution is -0.124. The molecule has 0 aromatic heterocycles. The van der Waals surface area contributed by atoms with Crippen LogP contribution in [-0.4, -0.2) is 11.4 Å². The number of nitrogens with zero attached hydrogens (tertiary/aromatic N) is 1. The molecule has 0 fully saturated rings. The molecule has 0 saturated carbocycles. The number of carbonyl (C=O) groups excluding carboxylic acids is 1. The quantitative estimate of drug-likeness (QED) is 0.881. The van der Waals surface area contributed by atoms with Gasteiger partial charge in [-0.2, -0.15) is 5.26 Å². The highest BCUT2D eigenvalue weighted by atomic mass is 16.2. The van der Waals surface area contributed by atoms with E-state index in [1.807, 2.05) is 30.3 Å². The van der Waals surface area contributed by atoms with Crippen LogP contribution in [0.3, 0.4) is 0 Å². The Morgan fingerprint density at radius 2 is 1.95 bits per heavy atom. The van der Waals surface area contributed by atoms with Crippen LogP contribution in [0, 0.1) is 17.2 Å². The van der Waals surface area contributed by atoms with Gasteiger partial charge in [-0.1, -0.05) is 50.6 Å². The lowest BCUT2D eigenvalue weighted by Crippen LogP contribution is -2.45. The largest absolute Gasteiger partial charge is 0.338 e. The summed E-state index contributed by atoms with van der Waals surface area (Å²) in [6.45, 7) is 7.56. The van der Waals surface area contributed by atoms with Crippen molar-refractivity contribution in [1.82, 2.24) is 5.32 Å². The van der Waals surface area contributed by atoms with Crippen LogP contribution in [0.5, 0.6) is 0 Å². The van der Waals surface area contributed by atoms with Gasteiger partial charge in [-0.15, -0.1) is 0 Å². The number of hydrogen-bond donors (Lipinski definition) is 1. The van der Waals surface area contributed by atoms with Gasteiger partial charge in [0.25, 0.3) is 0 Å². The summed E-state index contributed by atoms with van der Waals surface area (Å²) in [5.41, 5.74) is 0.167. The fourth-order valence-corrected chi connectivity index (χ4v) is 2.05. The Morgan fingerprint density at radius 3 is 2.42 bits per heavy atom. The van der Waals surface area contributed by atoms with Gasteiger partial charge in [0, 0.05) is 0 Å². The maximum absolute atomic E-state index is 12.5. The van der Waals surface area contributed by atoms with Crippen molar-refractivity contribution in [3.05, 3.63) is 35.9 Å². The molecule has 19 heavy (non-hydrogen) atoms. The Bertz CT molecular complexity index is 459.